The molecule has 0 atom stereocenters. The Bertz CT molecular complexity index is 714. The first-order valence-electron chi connectivity index (χ1n) is 7.02. The summed E-state index contributed by atoms with van der Waals surface area (Å²) in [5.74, 6) is -0.417. The summed E-state index contributed by atoms with van der Waals surface area (Å²) in [5.41, 5.74) is 2.30. The number of nitrogens with zero attached hydrogens (tertiary/aromatic N) is 1. The summed E-state index contributed by atoms with van der Waals surface area (Å²) in [6, 6.07) is 9.37. The highest BCUT2D eigenvalue weighted by Gasteiger charge is 2.32. The summed E-state index contributed by atoms with van der Waals surface area (Å²) in [5, 5.41) is 1.76. The molecule has 1 aliphatic heterocycles. The van der Waals surface area contributed by atoms with Crippen molar-refractivity contribution in [3.8, 4) is 0 Å². The second-order valence-electron chi connectivity index (χ2n) is 5.27. The average Bonchev–Trinajstić information content (AvgIpc) is 2.49. The fraction of sp³-hybridized carbons (Fsp3) is 0.294. The minimum absolute atomic E-state index is 0.209. The van der Waals surface area contributed by atoms with Gasteiger partial charge in [0.1, 0.15) is 0 Å². The maximum absolute atomic E-state index is 12.6. The normalized spacial score (nSPS) is 14.1. The molecule has 0 aliphatic carbocycles. The predicted molar refractivity (Wildman–Crippen MR) is 80.5 cm³/mol. The van der Waals surface area contributed by atoms with Crippen molar-refractivity contribution in [2.75, 3.05) is 20.3 Å². The van der Waals surface area contributed by atoms with Gasteiger partial charge in [0.2, 0.25) is 0 Å². The Labute approximate surface area is 123 Å². The summed E-state index contributed by atoms with van der Waals surface area (Å²) in [6.07, 6.45) is 0.644. The van der Waals surface area contributed by atoms with Crippen molar-refractivity contribution in [2.45, 2.75) is 13.3 Å². The monoisotopic (exact) mass is 283 g/mol. The van der Waals surface area contributed by atoms with Crippen LogP contribution in [0.5, 0.6) is 0 Å². The molecule has 0 saturated heterocycles. The van der Waals surface area contributed by atoms with E-state index in [2.05, 4.69) is 0 Å². The van der Waals surface area contributed by atoms with Gasteiger partial charge >= 0.3 is 0 Å². The van der Waals surface area contributed by atoms with E-state index in [-0.39, 0.29) is 11.8 Å². The maximum Gasteiger partial charge on any atom is 0.261 e. The van der Waals surface area contributed by atoms with Crippen LogP contribution in [0.2, 0.25) is 0 Å². The van der Waals surface area contributed by atoms with Crippen molar-refractivity contribution >= 4 is 22.6 Å². The molecule has 4 heteroatoms. The summed E-state index contributed by atoms with van der Waals surface area (Å²) in [7, 11) is 1.61. The molecule has 1 aliphatic rings. The van der Waals surface area contributed by atoms with Crippen molar-refractivity contribution in [3.63, 3.8) is 0 Å². The lowest BCUT2D eigenvalue weighted by molar-refractivity contribution is 0.0595. The van der Waals surface area contributed by atoms with E-state index >= 15 is 0 Å². The third-order valence-corrected chi connectivity index (χ3v) is 3.94. The third-order valence-electron chi connectivity index (χ3n) is 3.94. The number of carbonyl (C=O) groups is 2. The van der Waals surface area contributed by atoms with Crippen LogP contribution in [0.15, 0.2) is 30.3 Å². The minimum atomic E-state index is -0.209. The standard InChI is InChI=1S/C17H17NO3/c1-11-7-8-14-15-12(11)5-3-6-13(15)16(19)18(17(14)20)9-4-10-21-2/h3,5-8H,4,9-10H2,1-2H3. The van der Waals surface area contributed by atoms with Crippen LogP contribution in [0.3, 0.4) is 0 Å². The Morgan fingerprint density at radius 3 is 2.48 bits per heavy atom. The first-order valence-corrected chi connectivity index (χ1v) is 7.02. The molecular weight excluding hydrogens is 266 g/mol. The Morgan fingerprint density at radius 1 is 1.05 bits per heavy atom. The lowest BCUT2D eigenvalue weighted by atomic mass is 9.91. The second-order valence-corrected chi connectivity index (χ2v) is 5.27. The minimum Gasteiger partial charge on any atom is -0.385 e. The molecule has 0 bridgehead atoms. The summed E-state index contributed by atoms with van der Waals surface area (Å²) in [4.78, 5) is 26.5. The topological polar surface area (TPSA) is 46.6 Å². The van der Waals surface area contributed by atoms with Gasteiger partial charge in [0.05, 0.1) is 0 Å². The fourth-order valence-corrected chi connectivity index (χ4v) is 2.86. The third kappa shape index (κ3) is 2.12. The van der Waals surface area contributed by atoms with Crippen LogP contribution < -0.4 is 0 Å². The fourth-order valence-electron chi connectivity index (χ4n) is 2.86. The molecule has 108 valence electrons. The number of aryl methyl sites for hydroxylation is 1. The first kappa shape index (κ1) is 13.8. The van der Waals surface area contributed by atoms with Crippen molar-refractivity contribution in [1.82, 2.24) is 4.90 Å². The molecule has 3 rings (SSSR count). The number of hydrogen-bond acceptors (Lipinski definition) is 3. The van der Waals surface area contributed by atoms with Gasteiger partial charge in [-0.25, -0.2) is 0 Å². The number of carbonyl (C=O) groups excluding carboxylic acids is 2. The average molecular weight is 283 g/mol. The van der Waals surface area contributed by atoms with Crippen LogP contribution in [0, 0.1) is 6.92 Å². The van der Waals surface area contributed by atoms with Gasteiger partial charge in [0, 0.05) is 36.8 Å². The predicted octanol–water partition coefficient (Wildman–Crippen LogP) is 2.78. The zero-order chi connectivity index (χ0) is 15.0. The summed E-state index contributed by atoms with van der Waals surface area (Å²) < 4.78 is 5.00. The number of hydrogen-bond donors (Lipinski definition) is 0. The molecule has 0 N–H and O–H groups in total. The highest BCUT2D eigenvalue weighted by molar-refractivity contribution is 6.25. The van der Waals surface area contributed by atoms with E-state index in [1.54, 1.807) is 13.2 Å². The molecule has 21 heavy (non-hydrogen) atoms. The van der Waals surface area contributed by atoms with Gasteiger partial charge in [-0.2, -0.15) is 0 Å². The highest BCUT2D eigenvalue weighted by Crippen LogP contribution is 2.31. The molecule has 0 radical (unpaired) electrons. The van der Waals surface area contributed by atoms with Gasteiger partial charge < -0.3 is 4.74 Å². The molecule has 0 fully saturated rings. The van der Waals surface area contributed by atoms with Gasteiger partial charge in [-0.05, 0) is 36.4 Å². The van der Waals surface area contributed by atoms with Gasteiger partial charge in [-0.15, -0.1) is 0 Å². The SMILES string of the molecule is COCCCN1C(=O)c2cccc3c(C)ccc(c23)C1=O. The zero-order valence-corrected chi connectivity index (χ0v) is 12.2. The second kappa shape index (κ2) is 5.30. The van der Waals surface area contributed by atoms with Gasteiger partial charge in [0.15, 0.2) is 0 Å². The number of methoxy groups -OCH3 is 1. The van der Waals surface area contributed by atoms with Crippen LogP contribution in [0.4, 0.5) is 0 Å². The van der Waals surface area contributed by atoms with E-state index in [1.165, 1.54) is 4.90 Å². The molecule has 2 amide bonds. The van der Waals surface area contributed by atoms with E-state index in [4.69, 9.17) is 4.74 Å². The van der Waals surface area contributed by atoms with Crippen molar-refractivity contribution in [3.05, 3.63) is 47.0 Å². The quantitative estimate of drug-likeness (QED) is 0.640. The molecule has 2 aromatic carbocycles. The largest absolute Gasteiger partial charge is 0.385 e. The molecular formula is C17H17NO3. The summed E-state index contributed by atoms with van der Waals surface area (Å²) >= 11 is 0. The Hall–Kier alpha value is -2.20. The van der Waals surface area contributed by atoms with Gasteiger partial charge in [-0.1, -0.05) is 18.2 Å². The van der Waals surface area contributed by atoms with Crippen LogP contribution in [-0.2, 0) is 4.74 Å². The highest BCUT2D eigenvalue weighted by atomic mass is 16.5. The van der Waals surface area contributed by atoms with Gasteiger partial charge in [-0.3, -0.25) is 14.5 Å². The number of ether oxygens (including phenoxy) is 1. The van der Waals surface area contributed by atoms with Crippen molar-refractivity contribution in [2.24, 2.45) is 0 Å². The van der Waals surface area contributed by atoms with Crippen LogP contribution in [0.25, 0.3) is 10.8 Å². The van der Waals surface area contributed by atoms with Crippen molar-refractivity contribution in [1.29, 1.82) is 0 Å². The first-order chi connectivity index (χ1) is 10.1. The lowest BCUT2D eigenvalue weighted by Gasteiger charge is -2.27. The van der Waals surface area contributed by atoms with Crippen LogP contribution >= 0.6 is 0 Å². The summed E-state index contributed by atoms with van der Waals surface area (Å²) in [6.45, 7) is 2.90. The van der Waals surface area contributed by atoms with E-state index in [0.29, 0.717) is 30.7 Å². The van der Waals surface area contributed by atoms with Crippen LogP contribution in [0.1, 0.15) is 32.7 Å². The van der Waals surface area contributed by atoms with Crippen LogP contribution in [-0.4, -0.2) is 37.0 Å². The Morgan fingerprint density at radius 2 is 1.76 bits per heavy atom. The van der Waals surface area contributed by atoms with E-state index in [1.807, 2.05) is 31.2 Å². The molecule has 2 aromatic rings. The zero-order valence-electron chi connectivity index (χ0n) is 12.2. The number of benzene rings is 2. The van der Waals surface area contributed by atoms with E-state index in [9.17, 15) is 9.59 Å². The van der Waals surface area contributed by atoms with E-state index in [0.717, 1.165) is 16.3 Å². The molecule has 4 nitrogen and oxygen atoms in total. The maximum atomic E-state index is 12.6. The molecule has 0 spiro atoms. The molecule has 0 saturated carbocycles. The van der Waals surface area contributed by atoms with Crippen molar-refractivity contribution < 1.29 is 14.3 Å². The molecule has 0 aromatic heterocycles. The van der Waals surface area contributed by atoms with E-state index < -0.39 is 0 Å². The molecule has 0 unspecified atom stereocenters. The smallest absolute Gasteiger partial charge is 0.261 e. The number of rotatable bonds is 4. The number of imide groups is 1. The van der Waals surface area contributed by atoms with Gasteiger partial charge in [0.25, 0.3) is 11.8 Å². The number of amides is 2. The lowest BCUT2D eigenvalue weighted by Crippen LogP contribution is -2.41. The molecule has 1 heterocycles. The Kier molecular flexibility index (Phi) is 3.47. The Balaban J connectivity index is 2.11.